The van der Waals surface area contributed by atoms with Crippen LogP contribution in [0, 0.1) is 6.92 Å². The van der Waals surface area contributed by atoms with Crippen LogP contribution in [-0.4, -0.2) is 29.1 Å². The van der Waals surface area contributed by atoms with E-state index in [1.54, 1.807) is 6.20 Å². The largest absolute Gasteiger partial charge is 0.352 e. The van der Waals surface area contributed by atoms with E-state index in [2.05, 4.69) is 20.6 Å². The van der Waals surface area contributed by atoms with E-state index in [1.807, 2.05) is 6.92 Å². The number of nitrogens with two attached hydrogens (primary N) is 1. The van der Waals surface area contributed by atoms with Crippen molar-refractivity contribution in [3.8, 4) is 0 Å². The molecule has 1 aromatic rings. The lowest BCUT2D eigenvalue weighted by Crippen LogP contribution is -2.35. The molecule has 0 aliphatic carbocycles. The van der Waals surface area contributed by atoms with E-state index < -0.39 is 6.03 Å². The van der Waals surface area contributed by atoms with Gasteiger partial charge in [0.1, 0.15) is 5.82 Å². The number of hydrogen-bond acceptors (Lipinski definition) is 3. The van der Waals surface area contributed by atoms with E-state index in [1.165, 1.54) is 0 Å². The van der Waals surface area contributed by atoms with Crippen LogP contribution in [0.5, 0.6) is 0 Å². The van der Waals surface area contributed by atoms with Gasteiger partial charge < -0.3 is 21.4 Å². The Morgan fingerprint density at radius 2 is 2.43 bits per heavy atom. The molecule has 0 atom stereocenters. The summed E-state index contributed by atoms with van der Waals surface area (Å²) in [6.45, 7) is 3.82. The van der Waals surface area contributed by atoms with Crippen LogP contribution in [0.3, 0.4) is 0 Å². The normalized spacial score (nSPS) is 10.1. The average Bonchev–Trinajstić information content (AvgIpc) is 2.50. The Hall–Kier alpha value is -1.56. The third kappa shape index (κ3) is 3.90. The van der Waals surface area contributed by atoms with Gasteiger partial charge in [-0.2, -0.15) is 0 Å². The molecule has 1 aromatic heterocycles. The molecule has 6 nitrogen and oxygen atoms in total. The third-order valence-electron chi connectivity index (χ3n) is 1.67. The van der Waals surface area contributed by atoms with E-state index in [9.17, 15) is 4.79 Å². The topological polar surface area (TPSA) is 95.8 Å². The van der Waals surface area contributed by atoms with Crippen molar-refractivity contribution in [1.82, 2.24) is 20.6 Å². The summed E-state index contributed by atoms with van der Waals surface area (Å²) in [5, 5.41) is 5.62. The lowest BCUT2D eigenvalue weighted by Gasteiger charge is -2.02. The second-order valence-corrected chi connectivity index (χ2v) is 2.96. The van der Waals surface area contributed by atoms with Gasteiger partial charge in [-0.25, -0.2) is 9.78 Å². The van der Waals surface area contributed by atoms with Crippen molar-refractivity contribution in [3.63, 3.8) is 0 Å². The van der Waals surface area contributed by atoms with Crippen LogP contribution < -0.4 is 16.4 Å². The number of amides is 2. The second kappa shape index (κ2) is 5.23. The second-order valence-electron chi connectivity index (χ2n) is 2.96. The van der Waals surface area contributed by atoms with E-state index in [0.29, 0.717) is 19.6 Å². The summed E-state index contributed by atoms with van der Waals surface area (Å²) in [4.78, 5) is 17.5. The number of aromatic nitrogens is 2. The SMILES string of the molecule is Cc1ncc(CNCCNC(N)=O)[nH]1. The monoisotopic (exact) mass is 197 g/mol. The molecule has 5 N–H and O–H groups in total. The molecule has 1 rings (SSSR count). The molecule has 2 amide bonds. The zero-order valence-electron chi connectivity index (χ0n) is 8.13. The molecule has 1 heterocycles. The summed E-state index contributed by atoms with van der Waals surface area (Å²) in [5.41, 5.74) is 5.92. The quantitative estimate of drug-likeness (QED) is 0.478. The number of carbonyl (C=O) groups excluding carboxylic acids is 1. The molecule has 0 aliphatic rings. The van der Waals surface area contributed by atoms with E-state index in [0.717, 1.165) is 11.5 Å². The number of hydrogen-bond donors (Lipinski definition) is 4. The Bertz CT molecular complexity index is 296. The maximum absolute atomic E-state index is 10.3. The van der Waals surface area contributed by atoms with Gasteiger partial charge in [-0.15, -0.1) is 0 Å². The molecular formula is C8H15N5O. The number of urea groups is 1. The molecular weight excluding hydrogens is 182 g/mol. The first-order valence-corrected chi connectivity index (χ1v) is 4.43. The lowest BCUT2D eigenvalue weighted by molar-refractivity contribution is 0.249. The molecule has 0 bridgehead atoms. The van der Waals surface area contributed by atoms with Gasteiger partial charge >= 0.3 is 6.03 Å². The van der Waals surface area contributed by atoms with E-state index in [4.69, 9.17) is 5.73 Å². The van der Waals surface area contributed by atoms with Crippen LogP contribution in [-0.2, 0) is 6.54 Å². The van der Waals surface area contributed by atoms with Crippen molar-refractivity contribution >= 4 is 6.03 Å². The highest BCUT2D eigenvalue weighted by atomic mass is 16.2. The van der Waals surface area contributed by atoms with Crippen molar-refractivity contribution in [1.29, 1.82) is 0 Å². The standard InChI is InChI=1S/C8H15N5O/c1-6-12-5-7(13-6)4-10-2-3-11-8(9)14/h5,10H,2-4H2,1H3,(H,12,13)(H3,9,11,14). The Kier molecular flexibility index (Phi) is 3.93. The highest BCUT2D eigenvalue weighted by molar-refractivity contribution is 5.71. The van der Waals surface area contributed by atoms with Crippen LogP contribution in [0.25, 0.3) is 0 Å². The fraction of sp³-hybridized carbons (Fsp3) is 0.500. The smallest absolute Gasteiger partial charge is 0.312 e. The molecule has 0 unspecified atom stereocenters. The lowest BCUT2D eigenvalue weighted by atomic mass is 10.4. The molecule has 6 heteroatoms. The fourth-order valence-corrected chi connectivity index (χ4v) is 1.06. The van der Waals surface area contributed by atoms with Gasteiger partial charge in [-0.1, -0.05) is 0 Å². The summed E-state index contributed by atoms with van der Waals surface area (Å²) in [6, 6.07) is -0.496. The molecule has 0 fully saturated rings. The zero-order chi connectivity index (χ0) is 10.4. The zero-order valence-corrected chi connectivity index (χ0v) is 8.13. The predicted octanol–water partition coefficient (Wildman–Crippen LogP) is -0.524. The molecule has 0 radical (unpaired) electrons. The van der Waals surface area contributed by atoms with E-state index >= 15 is 0 Å². The Labute approximate surface area is 82.3 Å². The summed E-state index contributed by atoms with van der Waals surface area (Å²) < 4.78 is 0. The number of aromatic amines is 1. The van der Waals surface area contributed by atoms with Gasteiger partial charge in [0, 0.05) is 31.5 Å². The number of imidazole rings is 1. The van der Waals surface area contributed by atoms with Gasteiger partial charge in [0.15, 0.2) is 0 Å². The molecule has 14 heavy (non-hydrogen) atoms. The van der Waals surface area contributed by atoms with Crippen molar-refractivity contribution < 1.29 is 4.79 Å². The number of primary amides is 1. The highest BCUT2D eigenvalue weighted by Gasteiger charge is 1.95. The fourth-order valence-electron chi connectivity index (χ4n) is 1.06. The van der Waals surface area contributed by atoms with Crippen LogP contribution in [0.15, 0.2) is 6.20 Å². The van der Waals surface area contributed by atoms with Gasteiger partial charge in [0.05, 0.1) is 0 Å². The molecule has 0 spiro atoms. The minimum absolute atomic E-state index is 0.496. The number of nitrogens with zero attached hydrogens (tertiary/aromatic N) is 1. The van der Waals surface area contributed by atoms with Gasteiger partial charge in [0.25, 0.3) is 0 Å². The first-order chi connectivity index (χ1) is 6.68. The summed E-state index contributed by atoms with van der Waals surface area (Å²) in [5.74, 6) is 0.900. The third-order valence-corrected chi connectivity index (χ3v) is 1.67. The molecule has 0 saturated heterocycles. The first-order valence-electron chi connectivity index (χ1n) is 4.43. The minimum atomic E-state index is -0.496. The Morgan fingerprint density at radius 3 is 3.00 bits per heavy atom. The van der Waals surface area contributed by atoms with Crippen molar-refractivity contribution in [2.45, 2.75) is 13.5 Å². The van der Waals surface area contributed by atoms with E-state index in [-0.39, 0.29) is 0 Å². The minimum Gasteiger partial charge on any atom is -0.352 e. The average molecular weight is 197 g/mol. The number of H-pyrrole nitrogens is 1. The predicted molar refractivity (Wildman–Crippen MR) is 52.6 cm³/mol. The number of aryl methyl sites for hydroxylation is 1. The van der Waals surface area contributed by atoms with Gasteiger partial charge in [0.2, 0.25) is 0 Å². The highest BCUT2D eigenvalue weighted by Crippen LogP contribution is 1.93. The van der Waals surface area contributed by atoms with Crippen molar-refractivity contribution in [2.75, 3.05) is 13.1 Å². The summed E-state index contributed by atoms with van der Waals surface area (Å²) >= 11 is 0. The Morgan fingerprint density at radius 1 is 1.64 bits per heavy atom. The Balaban J connectivity index is 2.07. The maximum atomic E-state index is 10.3. The maximum Gasteiger partial charge on any atom is 0.312 e. The number of nitrogens with one attached hydrogen (secondary N) is 3. The van der Waals surface area contributed by atoms with Crippen molar-refractivity contribution in [3.05, 3.63) is 17.7 Å². The summed E-state index contributed by atoms with van der Waals surface area (Å²) in [7, 11) is 0. The van der Waals surface area contributed by atoms with Gasteiger partial charge in [-0.05, 0) is 6.92 Å². The van der Waals surface area contributed by atoms with Crippen LogP contribution in [0.1, 0.15) is 11.5 Å². The molecule has 0 aromatic carbocycles. The molecule has 0 saturated carbocycles. The summed E-state index contributed by atoms with van der Waals surface area (Å²) in [6.07, 6.45) is 1.78. The molecule has 0 aliphatic heterocycles. The van der Waals surface area contributed by atoms with Gasteiger partial charge in [-0.3, -0.25) is 0 Å². The van der Waals surface area contributed by atoms with Crippen LogP contribution in [0.2, 0.25) is 0 Å². The number of rotatable bonds is 5. The van der Waals surface area contributed by atoms with Crippen LogP contribution in [0.4, 0.5) is 4.79 Å². The molecule has 78 valence electrons. The van der Waals surface area contributed by atoms with Crippen molar-refractivity contribution in [2.24, 2.45) is 5.73 Å². The number of carbonyl (C=O) groups is 1. The first kappa shape index (κ1) is 10.5. The van der Waals surface area contributed by atoms with Crippen LogP contribution >= 0.6 is 0 Å².